The average Bonchev–Trinajstić information content (AvgIpc) is 2.87. The molecule has 0 aromatic carbocycles. The minimum Gasteiger partial charge on any atom is -0.479 e. The van der Waals surface area contributed by atoms with E-state index in [1.165, 1.54) is 0 Å². The molecule has 3 heterocycles. The van der Waals surface area contributed by atoms with Crippen LogP contribution in [-0.2, 0) is 38.6 Å². The summed E-state index contributed by atoms with van der Waals surface area (Å²) in [6, 6.07) is 0. The molecule has 1 aromatic heterocycles. The Morgan fingerprint density at radius 1 is 1.24 bits per heavy atom. The largest absolute Gasteiger partial charge is 0.479 e. The quantitative estimate of drug-likeness (QED) is 0.844. The number of aromatic nitrogens is 1. The third kappa shape index (κ3) is 3.59. The van der Waals surface area contributed by atoms with Gasteiger partial charge in [0.25, 0.3) is 0 Å². The van der Waals surface area contributed by atoms with Gasteiger partial charge in [0.15, 0.2) is 6.10 Å². The van der Waals surface area contributed by atoms with Crippen LogP contribution in [0, 0.1) is 0 Å². The highest BCUT2D eigenvalue weighted by atomic mass is 16.6. The van der Waals surface area contributed by atoms with Gasteiger partial charge in [-0.15, -0.1) is 0 Å². The Labute approximate surface area is 145 Å². The summed E-state index contributed by atoms with van der Waals surface area (Å²) in [4.78, 5) is 27.8. The number of ether oxygens (including phenoxy) is 3. The molecule has 2 aliphatic rings. The third-order valence-corrected chi connectivity index (χ3v) is 4.12. The van der Waals surface area contributed by atoms with E-state index in [1.807, 2.05) is 6.92 Å². The molecule has 3 rings (SSSR count). The van der Waals surface area contributed by atoms with Crippen molar-refractivity contribution in [3.63, 3.8) is 0 Å². The van der Waals surface area contributed by atoms with E-state index >= 15 is 0 Å². The fourth-order valence-corrected chi connectivity index (χ4v) is 3.10. The van der Waals surface area contributed by atoms with E-state index in [9.17, 15) is 14.7 Å². The van der Waals surface area contributed by atoms with Gasteiger partial charge >= 0.3 is 12.1 Å². The number of aliphatic carboxylic acids is 1. The second-order valence-electron chi connectivity index (χ2n) is 7.20. The number of hydrogen-bond acceptors (Lipinski definition) is 6. The van der Waals surface area contributed by atoms with Crippen LogP contribution in [0.5, 0.6) is 0 Å². The van der Waals surface area contributed by atoms with Crippen LogP contribution >= 0.6 is 0 Å². The minimum absolute atomic E-state index is 0.0787. The minimum atomic E-state index is -0.998. The molecule has 0 bridgehead atoms. The smallest absolute Gasteiger partial charge is 0.413 e. The molecule has 0 saturated heterocycles. The van der Waals surface area contributed by atoms with Crippen LogP contribution in [0.15, 0.2) is 0 Å². The Bertz CT molecular complexity index is 725. The molecule has 0 radical (unpaired) electrons. The zero-order chi connectivity index (χ0) is 18.4. The van der Waals surface area contributed by atoms with Gasteiger partial charge in [-0.1, -0.05) is 0 Å². The number of carboxylic acid groups (broad SMARTS) is 1. The Morgan fingerprint density at radius 2 is 1.96 bits per heavy atom. The second-order valence-corrected chi connectivity index (χ2v) is 7.20. The Kier molecular flexibility index (Phi) is 4.42. The number of fused-ring (bicyclic) bond motifs is 3. The Hall–Kier alpha value is -2.19. The van der Waals surface area contributed by atoms with Crippen molar-refractivity contribution in [2.75, 3.05) is 5.32 Å². The van der Waals surface area contributed by atoms with Gasteiger partial charge in [-0.3, -0.25) is 5.32 Å². The van der Waals surface area contributed by atoms with Crippen molar-refractivity contribution in [1.82, 2.24) is 4.98 Å². The fourth-order valence-electron chi connectivity index (χ4n) is 3.10. The molecule has 1 aromatic rings. The number of amides is 1. The number of nitrogens with one attached hydrogen (secondary N) is 1. The van der Waals surface area contributed by atoms with Crippen LogP contribution in [0.25, 0.3) is 0 Å². The van der Waals surface area contributed by atoms with E-state index in [0.29, 0.717) is 18.1 Å². The lowest BCUT2D eigenvalue weighted by Crippen LogP contribution is -2.32. The summed E-state index contributed by atoms with van der Waals surface area (Å²) in [6.07, 6.45) is -1.45. The molecular formula is C17H22N2O6. The summed E-state index contributed by atoms with van der Waals surface area (Å²) < 4.78 is 16.3. The predicted molar refractivity (Wildman–Crippen MR) is 87.2 cm³/mol. The van der Waals surface area contributed by atoms with Gasteiger partial charge in [0.1, 0.15) is 11.4 Å². The lowest BCUT2D eigenvalue weighted by atomic mass is 9.92. The first-order valence-electron chi connectivity index (χ1n) is 8.16. The lowest BCUT2D eigenvalue weighted by Gasteiger charge is -2.26. The van der Waals surface area contributed by atoms with Gasteiger partial charge < -0.3 is 19.3 Å². The van der Waals surface area contributed by atoms with E-state index in [4.69, 9.17) is 14.2 Å². The standard InChI is InChI=1S/C17H22N2O6/c1-8-13-9-5-12(15(20)21)24-7-11(9)18-14(10(13)6-23-8)19-16(22)25-17(2,3)4/h8,12H,5-7H2,1-4H3,(H,20,21)(H,18,19,22). The van der Waals surface area contributed by atoms with Crippen LogP contribution < -0.4 is 5.32 Å². The highest BCUT2D eigenvalue weighted by Crippen LogP contribution is 2.40. The molecule has 2 N–H and O–H groups in total. The molecule has 2 aliphatic heterocycles. The maximum absolute atomic E-state index is 12.1. The van der Waals surface area contributed by atoms with Gasteiger partial charge in [-0.2, -0.15) is 0 Å². The maximum Gasteiger partial charge on any atom is 0.413 e. The number of nitrogens with zero attached hydrogens (tertiary/aromatic N) is 1. The molecule has 136 valence electrons. The fraction of sp³-hybridized carbons (Fsp3) is 0.588. The molecule has 0 aliphatic carbocycles. The lowest BCUT2D eigenvalue weighted by molar-refractivity contribution is -0.152. The van der Waals surface area contributed by atoms with Gasteiger partial charge in [0, 0.05) is 12.0 Å². The summed E-state index contributed by atoms with van der Waals surface area (Å²) in [7, 11) is 0. The van der Waals surface area contributed by atoms with Crippen molar-refractivity contribution in [1.29, 1.82) is 0 Å². The summed E-state index contributed by atoms with van der Waals surface area (Å²) >= 11 is 0. The molecule has 1 amide bonds. The van der Waals surface area contributed by atoms with Crippen molar-refractivity contribution in [3.05, 3.63) is 22.4 Å². The molecular weight excluding hydrogens is 328 g/mol. The first kappa shape index (κ1) is 17.6. The molecule has 0 spiro atoms. The normalized spacial score (nSPS) is 22.1. The van der Waals surface area contributed by atoms with E-state index in [0.717, 1.165) is 16.7 Å². The molecule has 8 nitrogen and oxygen atoms in total. The molecule has 0 saturated carbocycles. The van der Waals surface area contributed by atoms with E-state index in [1.54, 1.807) is 20.8 Å². The van der Waals surface area contributed by atoms with Gasteiger partial charge in [-0.25, -0.2) is 14.6 Å². The van der Waals surface area contributed by atoms with Crippen molar-refractivity contribution < 1.29 is 28.9 Å². The molecule has 8 heteroatoms. The maximum atomic E-state index is 12.1. The van der Waals surface area contributed by atoms with Gasteiger partial charge in [0.2, 0.25) is 0 Å². The Morgan fingerprint density at radius 3 is 2.60 bits per heavy atom. The Balaban J connectivity index is 1.95. The number of anilines is 1. The predicted octanol–water partition coefficient (Wildman–Crippen LogP) is 2.55. The summed E-state index contributed by atoms with van der Waals surface area (Å²) in [6.45, 7) is 7.62. The summed E-state index contributed by atoms with van der Waals surface area (Å²) in [5.41, 5.74) is 2.50. The SMILES string of the molecule is CC1OCc2c(NC(=O)OC(C)(C)C)nc3c(c21)CC(C(=O)O)OC3. The number of carbonyl (C=O) groups is 2. The molecule has 25 heavy (non-hydrogen) atoms. The van der Waals surface area contributed by atoms with E-state index in [2.05, 4.69) is 10.3 Å². The van der Waals surface area contributed by atoms with Crippen molar-refractivity contribution in [2.45, 2.75) is 65.1 Å². The first-order chi connectivity index (χ1) is 11.7. The van der Waals surface area contributed by atoms with Crippen LogP contribution in [0.1, 0.15) is 56.2 Å². The number of carbonyl (C=O) groups excluding carboxylic acids is 1. The number of pyridine rings is 1. The van der Waals surface area contributed by atoms with Gasteiger partial charge in [0.05, 0.1) is 25.0 Å². The van der Waals surface area contributed by atoms with Crippen LogP contribution in [0.2, 0.25) is 0 Å². The zero-order valence-electron chi connectivity index (χ0n) is 14.7. The number of carboxylic acids is 1. The van der Waals surface area contributed by atoms with Crippen molar-refractivity contribution in [2.24, 2.45) is 0 Å². The second kappa shape index (κ2) is 6.27. The number of rotatable bonds is 2. The summed E-state index contributed by atoms with van der Waals surface area (Å²) in [5.74, 6) is -0.619. The topological polar surface area (TPSA) is 107 Å². The first-order valence-corrected chi connectivity index (χ1v) is 8.16. The zero-order valence-corrected chi connectivity index (χ0v) is 14.7. The summed E-state index contributed by atoms with van der Waals surface area (Å²) in [5, 5.41) is 11.9. The van der Waals surface area contributed by atoms with E-state index < -0.39 is 23.8 Å². The average molecular weight is 350 g/mol. The highest BCUT2D eigenvalue weighted by molar-refractivity contribution is 5.85. The molecule has 2 unspecified atom stereocenters. The van der Waals surface area contributed by atoms with Crippen molar-refractivity contribution in [3.8, 4) is 0 Å². The van der Waals surface area contributed by atoms with Gasteiger partial charge in [-0.05, 0) is 38.8 Å². The van der Waals surface area contributed by atoms with E-state index in [-0.39, 0.29) is 19.1 Å². The van der Waals surface area contributed by atoms with Crippen LogP contribution in [-0.4, -0.2) is 33.9 Å². The monoisotopic (exact) mass is 350 g/mol. The molecule has 0 fully saturated rings. The number of hydrogen-bond donors (Lipinski definition) is 2. The van der Waals surface area contributed by atoms with Crippen molar-refractivity contribution >= 4 is 17.9 Å². The third-order valence-electron chi connectivity index (χ3n) is 4.12. The van der Waals surface area contributed by atoms with Crippen LogP contribution in [0.3, 0.4) is 0 Å². The highest BCUT2D eigenvalue weighted by Gasteiger charge is 2.35. The van der Waals surface area contributed by atoms with Crippen LogP contribution in [0.4, 0.5) is 10.6 Å². The molecule has 2 atom stereocenters.